The van der Waals surface area contributed by atoms with Gasteiger partial charge in [0.1, 0.15) is 12.2 Å². The van der Waals surface area contributed by atoms with Gasteiger partial charge in [0.15, 0.2) is 15.7 Å². The van der Waals surface area contributed by atoms with Gasteiger partial charge in [0.25, 0.3) is 0 Å². The van der Waals surface area contributed by atoms with Crippen molar-refractivity contribution in [2.24, 2.45) is 0 Å². The molecule has 0 aliphatic heterocycles. The van der Waals surface area contributed by atoms with Gasteiger partial charge in [0.05, 0.1) is 27.5 Å². The van der Waals surface area contributed by atoms with E-state index in [9.17, 15) is 13.2 Å². The number of amides is 1. The summed E-state index contributed by atoms with van der Waals surface area (Å²) in [6.07, 6.45) is 1.17. The quantitative estimate of drug-likeness (QED) is 0.496. The Hall–Kier alpha value is -3.04. The predicted molar refractivity (Wildman–Crippen MR) is 117 cm³/mol. The normalized spacial score (nSPS) is 12.7. The number of benzene rings is 2. The molecule has 0 saturated heterocycles. The van der Waals surface area contributed by atoms with Gasteiger partial charge in [-0.05, 0) is 36.8 Å². The number of fused-ring (bicyclic) bond motifs is 1. The van der Waals surface area contributed by atoms with Crippen LogP contribution < -0.4 is 5.32 Å². The predicted octanol–water partition coefficient (Wildman–Crippen LogP) is 3.44. The summed E-state index contributed by atoms with van der Waals surface area (Å²) < 4.78 is 25.1. The Bertz CT molecular complexity index is 1290. The molecule has 1 N–H and O–H groups in total. The van der Waals surface area contributed by atoms with Crippen LogP contribution >= 0.6 is 11.3 Å². The summed E-state index contributed by atoms with van der Waals surface area (Å²) in [5.74, 6) is 0.479. The number of thiazole rings is 1. The lowest BCUT2D eigenvalue weighted by atomic mass is 10.1. The largest absolute Gasteiger partial charge is 0.348 e. The van der Waals surface area contributed by atoms with Crippen LogP contribution in [0.1, 0.15) is 18.5 Å². The van der Waals surface area contributed by atoms with Crippen LogP contribution in [-0.4, -0.2) is 35.1 Å². The molecule has 0 spiro atoms. The zero-order valence-corrected chi connectivity index (χ0v) is 18.1. The van der Waals surface area contributed by atoms with Crippen LogP contribution in [0.2, 0.25) is 0 Å². The topological polar surface area (TPSA) is 93.9 Å². The number of aromatic nitrogens is 3. The second-order valence-electron chi connectivity index (χ2n) is 7.01. The minimum Gasteiger partial charge on any atom is -0.348 e. The molecule has 0 unspecified atom stereocenters. The Morgan fingerprint density at radius 2 is 1.90 bits per heavy atom. The molecule has 0 fully saturated rings. The highest BCUT2D eigenvalue weighted by Gasteiger charge is 2.18. The Kier molecular flexibility index (Phi) is 5.40. The monoisotopic (exact) mass is 440 g/mol. The second kappa shape index (κ2) is 8.00. The third-order valence-electron chi connectivity index (χ3n) is 4.80. The van der Waals surface area contributed by atoms with Crippen molar-refractivity contribution in [3.8, 4) is 11.5 Å². The van der Waals surface area contributed by atoms with E-state index >= 15 is 0 Å². The average Bonchev–Trinajstić information content (AvgIpc) is 3.36. The van der Waals surface area contributed by atoms with E-state index in [4.69, 9.17) is 0 Å². The van der Waals surface area contributed by atoms with Crippen LogP contribution in [0, 0.1) is 0 Å². The first kappa shape index (κ1) is 20.2. The molecule has 2 aromatic carbocycles. The van der Waals surface area contributed by atoms with Gasteiger partial charge in [-0.15, -0.1) is 11.3 Å². The number of para-hydroxylation sites is 2. The third-order valence-corrected chi connectivity index (χ3v) is 6.52. The third kappa shape index (κ3) is 4.12. The Morgan fingerprint density at radius 1 is 1.17 bits per heavy atom. The van der Waals surface area contributed by atoms with E-state index in [1.165, 1.54) is 17.6 Å². The van der Waals surface area contributed by atoms with Crippen molar-refractivity contribution < 1.29 is 13.2 Å². The lowest BCUT2D eigenvalue weighted by Gasteiger charge is -2.16. The molecule has 0 radical (unpaired) electrons. The van der Waals surface area contributed by atoms with Crippen LogP contribution in [0.15, 0.2) is 64.3 Å². The van der Waals surface area contributed by atoms with E-state index in [-0.39, 0.29) is 23.4 Å². The zero-order chi connectivity index (χ0) is 21.3. The van der Waals surface area contributed by atoms with E-state index < -0.39 is 9.84 Å². The second-order valence-corrected chi connectivity index (χ2v) is 9.75. The van der Waals surface area contributed by atoms with Gasteiger partial charge in [0.2, 0.25) is 5.91 Å². The fourth-order valence-electron chi connectivity index (χ4n) is 3.27. The Balaban J connectivity index is 1.56. The van der Waals surface area contributed by atoms with Gasteiger partial charge in [-0.1, -0.05) is 24.3 Å². The first-order valence-electron chi connectivity index (χ1n) is 9.26. The van der Waals surface area contributed by atoms with Crippen molar-refractivity contribution in [3.05, 3.63) is 65.0 Å². The fourth-order valence-corrected chi connectivity index (χ4v) is 4.43. The van der Waals surface area contributed by atoms with Crippen LogP contribution in [0.5, 0.6) is 0 Å². The summed E-state index contributed by atoms with van der Waals surface area (Å²) in [4.78, 5) is 22.1. The number of carbonyl (C=O) groups is 1. The van der Waals surface area contributed by atoms with Crippen LogP contribution in [0.4, 0.5) is 0 Å². The number of sulfone groups is 1. The van der Waals surface area contributed by atoms with Gasteiger partial charge in [0, 0.05) is 11.6 Å². The van der Waals surface area contributed by atoms with E-state index in [0.29, 0.717) is 5.82 Å². The number of hydrogen-bond donors (Lipinski definition) is 1. The Labute approximate surface area is 178 Å². The van der Waals surface area contributed by atoms with Gasteiger partial charge in [-0.2, -0.15) is 0 Å². The molecule has 0 bridgehead atoms. The van der Waals surface area contributed by atoms with E-state index in [2.05, 4.69) is 15.3 Å². The summed E-state index contributed by atoms with van der Waals surface area (Å²) in [6.45, 7) is 1.96. The highest BCUT2D eigenvalue weighted by atomic mass is 32.2. The molecule has 154 valence electrons. The molecular formula is C21H20N4O3S2. The molecule has 0 aliphatic carbocycles. The van der Waals surface area contributed by atoms with Crippen molar-refractivity contribution in [3.63, 3.8) is 0 Å². The minimum atomic E-state index is -3.25. The van der Waals surface area contributed by atoms with Crippen LogP contribution in [0.25, 0.3) is 22.6 Å². The van der Waals surface area contributed by atoms with Crippen LogP contribution in [0.3, 0.4) is 0 Å². The van der Waals surface area contributed by atoms with Crippen molar-refractivity contribution in [1.82, 2.24) is 19.9 Å². The summed E-state index contributed by atoms with van der Waals surface area (Å²) >= 11 is 1.47. The molecule has 1 atom stereocenters. The van der Waals surface area contributed by atoms with Crippen molar-refractivity contribution in [2.45, 2.75) is 24.4 Å². The molecule has 4 aromatic rings. The number of carbonyl (C=O) groups excluding carboxylic acids is 1. The molecule has 2 heterocycles. The standard InChI is InChI=1S/C21H20N4O3S2/c1-14(15-7-9-16(10-8-15)30(2,27)28)23-20(26)11-25-19-6-4-3-5-17(19)24-21(25)18-12-29-13-22-18/h3-10,12-14H,11H2,1-2H3,(H,23,26)/t14-/m0/s1. The van der Waals surface area contributed by atoms with Gasteiger partial charge < -0.3 is 9.88 Å². The zero-order valence-electron chi connectivity index (χ0n) is 16.4. The van der Waals surface area contributed by atoms with Crippen LogP contribution in [-0.2, 0) is 21.2 Å². The molecule has 0 aliphatic rings. The molecule has 1 amide bonds. The molecule has 4 rings (SSSR count). The maximum absolute atomic E-state index is 12.8. The lowest BCUT2D eigenvalue weighted by Crippen LogP contribution is -2.30. The molecule has 7 nitrogen and oxygen atoms in total. The van der Waals surface area contributed by atoms with Gasteiger partial charge in [-0.25, -0.2) is 18.4 Å². The maximum atomic E-state index is 12.8. The van der Waals surface area contributed by atoms with E-state index in [1.54, 1.807) is 29.8 Å². The number of imidazole rings is 1. The average molecular weight is 441 g/mol. The van der Waals surface area contributed by atoms with E-state index in [0.717, 1.165) is 22.3 Å². The number of nitrogens with zero attached hydrogens (tertiary/aromatic N) is 3. The molecule has 2 aromatic heterocycles. The first-order valence-corrected chi connectivity index (χ1v) is 12.1. The van der Waals surface area contributed by atoms with Gasteiger partial charge >= 0.3 is 0 Å². The van der Waals surface area contributed by atoms with Gasteiger partial charge in [-0.3, -0.25) is 4.79 Å². The highest BCUT2D eigenvalue weighted by molar-refractivity contribution is 7.90. The van der Waals surface area contributed by atoms with E-state index in [1.807, 2.05) is 41.1 Å². The lowest BCUT2D eigenvalue weighted by molar-refractivity contribution is -0.122. The Morgan fingerprint density at radius 3 is 2.57 bits per heavy atom. The number of rotatable bonds is 6. The fraction of sp³-hybridized carbons (Fsp3) is 0.190. The number of hydrogen-bond acceptors (Lipinski definition) is 6. The highest BCUT2D eigenvalue weighted by Crippen LogP contribution is 2.25. The van der Waals surface area contributed by atoms with Crippen molar-refractivity contribution in [1.29, 1.82) is 0 Å². The summed E-state index contributed by atoms with van der Waals surface area (Å²) in [5.41, 5.74) is 4.96. The maximum Gasteiger partial charge on any atom is 0.240 e. The first-order chi connectivity index (χ1) is 14.3. The molecule has 30 heavy (non-hydrogen) atoms. The summed E-state index contributed by atoms with van der Waals surface area (Å²) in [6, 6.07) is 13.9. The molecule has 9 heteroatoms. The SMILES string of the molecule is C[C@H](NC(=O)Cn1c(-c2cscn2)nc2ccccc21)c1ccc(S(C)(=O)=O)cc1. The summed E-state index contributed by atoms with van der Waals surface area (Å²) in [7, 11) is -3.25. The van der Waals surface area contributed by atoms with Crippen molar-refractivity contribution in [2.75, 3.05) is 6.26 Å². The summed E-state index contributed by atoms with van der Waals surface area (Å²) in [5, 5.41) is 4.88. The number of nitrogens with one attached hydrogen (secondary N) is 1. The van der Waals surface area contributed by atoms with Crippen molar-refractivity contribution >= 4 is 38.1 Å². The minimum absolute atomic E-state index is 0.0964. The molecule has 0 saturated carbocycles. The molecular weight excluding hydrogens is 420 g/mol. The smallest absolute Gasteiger partial charge is 0.240 e.